The van der Waals surface area contributed by atoms with Gasteiger partial charge < -0.3 is 4.98 Å². The lowest BCUT2D eigenvalue weighted by Crippen LogP contribution is -2.38. The molecule has 4 rings (SSSR count). The number of nitrogens with one attached hydrogen (secondary N) is 1. The fourth-order valence-electron chi connectivity index (χ4n) is 4.00. The van der Waals surface area contributed by atoms with Crippen molar-refractivity contribution in [3.05, 3.63) is 79.4 Å². The number of nitrogens with zero attached hydrogens (tertiary/aromatic N) is 4. The topological polar surface area (TPSA) is 75.9 Å². The molecule has 30 heavy (non-hydrogen) atoms. The molecule has 0 atom stereocenters. The van der Waals surface area contributed by atoms with E-state index in [1.807, 2.05) is 69.8 Å². The molecule has 0 radical (unpaired) electrons. The summed E-state index contributed by atoms with van der Waals surface area (Å²) in [7, 11) is 1.90. The number of fused-ring (bicyclic) bond motifs is 1. The van der Waals surface area contributed by atoms with Gasteiger partial charge in [-0.15, -0.1) is 0 Å². The summed E-state index contributed by atoms with van der Waals surface area (Å²) in [6.45, 7) is 9.89. The number of para-hydroxylation sites is 1. The van der Waals surface area contributed by atoms with E-state index < -0.39 is 0 Å². The molecule has 1 N–H and O–H groups in total. The zero-order valence-corrected chi connectivity index (χ0v) is 18.3. The lowest BCUT2D eigenvalue weighted by atomic mass is 9.95. The second kappa shape index (κ2) is 7.40. The Morgan fingerprint density at radius 2 is 1.83 bits per heavy atom. The van der Waals surface area contributed by atoms with Crippen LogP contribution < -0.4 is 11.1 Å². The molecule has 2 aromatic heterocycles. The summed E-state index contributed by atoms with van der Waals surface area (Å²) in [5.74, 6) is 0.726. The molecule has 0 spiro atoms. The Morgan fingerprint density at radius 1 is 1.13 bits per heavy atom. The monoisotopic (exact) mass is 407 g/mol. The summed E-state index contributed by atoms with van der Waals surface area (Å²) >= 11 is 0. The number of aromatic nitrogens is 4. The molecule has 3 heterocycles. The van der Waals surface area contributed by atoms with E-state index in [0.717, 1.165) is 35.0 Å². The minimum Gasteiger partial charge on any atom is -0.310 e. The quantitative estimate of drug-likeness (QED) is 0.724. The van der Waals surface area contributed by atoms with Gasteiger partial charge in [-0.25, -0.2) is 9.67 Å². The first-order valence-corrected chi connectivity index (χ1v) is 10.3. The SMILES string of the molecule is Cc1c(CN2CCc3nc(C(C)(C)C)[nH]c(=O)c3C2)c(=O)n(-c2ccccc2)n1C. The second-order valence-electron chi connectivity index (χ2n) is 9.09. The van der Waals surface area contributed by atoms with Crippen LogP contribution in [0.5, 0.6) is 0 Å². The van der Waals surface area contributed by atoms with Gasteiger partial charge >= 0.3 is 0 Å². The van der Waals surface area contributed by atoms with Crippen LogP contribution in [0.25, 0.3) is 5.69 Å². The van der Waals surface area contributed by atoms with Crippen LogP contribution in [-0.4, -0.2) is 30.8 Å². The van der Waals surface area contributed by atoms with E-state index in [4.69, 9.17) is 4.98 Å². The van der Waals surface area contributed by atoms with Crippen LogP contribution in [0.2, 0.25) is 0 Å². The molecule has 7 nitrogen and oxygen atoms in total. The summed E-state index contributed by atoms with van der Waals surface area (Å²) in [4.78, 5) is 35.7. The normalized spacial score (nSPS) is 14.7. The maximum atomic E-state index is 13.2. The number of aromatic amines is 1. The van der Waals surface area contributed by atoms with Crippen LogP contribution >= 0.6 is 0 Å². The third-order valence-electron chi connectivity index (χ3n) is 5.91. The molecule has 0 bridgehead atoms. The summed E-state index contributed by atoms with van der Waals surface area (Å²) in [5, 5.41) is 0. The average Bonchev–Trinajstić information content (AvgIpc) is 2.91. The van der Waals surface area contributed by atoms with Gasteiger partial charge in [0, 0.05) is 44.2 Å². The highest BCUT2D eigenvalue weighted by Gasteiger charge is 2.26. The zero-order chi connectivity index (χ0) is 21.6. The molecule has 0 unspecified atom stereocenters. The van der Waals surface area contributed by atoms with Crippen molar-refractivity contribution >= 4 is 0 Å². The van der Waals surface area contributed by atoms with Crippen LogP contribution in [0.4, 0.5) is 0 Å². The molecule has 0 fully saturated rings. The lowest BCUT2D eigenvalue weighted by molar-refractivity contribution is 0.239. The Balaban J connectivity index is 1.64. The first kappa shape index (κ1) is 20.3. The second-order valence-corrected chi connectivity index (χ2v) is 9.09. The highest BCUT2D eigenvalue weighted by atomic mass is 16.1. The van der Waals surface area contributed by atoms with Gasteiger partial charge in [-0.05, 0) is 19.1 Å². The van der Waals surface area contributed by atoms with Crippen molar-refractivity contribution in [1.82, 2.24) is 24.2 Å². The van der Waals surface area contributed by atoms with Crippen LogP contribution in [-0.2, 0) is 32.0 Å². The average molecular weight is 408 g/mol. The van der Waals surface area contributed by atoms with E-state index in [2.05, 4.69) is 9.88 Å². The molecule has 0 saturated carbocycles. The Hall–Kier alpha value is -2.93. The number of benzene rings is 1. The molecular formula is C23H29N5O2. The molecule has 0 amide bonds. The fraction of sp³-hybridized carbons (Fsp3) is 0.435. The highest BCUT2D eigenvalue weighted by Crippen LogP contribution is 2.21. The van der Waals surface area contributed by atoms with Crippen molar-refractivity contribution in [1.29, 1.82) is 0 Å². The van der Waals surface area contributed by atoms with Gasteiger partial charge in [0.25, 0.3) is 11.1 Å². The molecular weight excluding hydrogens is 378 g/mol. The van der Waals surface area contributed by atoms with Gasteiger partial charge in [-0.1, -0.05) is 39.0 Å². The number of hydrogen-bond acceptors (Lipinski definition) is 4. The molecule has 3 aromatic rings. The molecule has 1 aliphatic heterocycles. The van der Waals surface area contributed by atoms with Gasteiger partial charge in [0.1, 0.15) is 5.82 Å². The minimum atomic E-state index is -0.199. The third-order valence-corrected chi connectivity index (χ3v) is 5.91. The van der Waals surface area contributed by atoms with E-state index in [9.17, 15) is 9.59 Å². The molecule has 158 valence electrons. The first-order valence-electron chi connectivity index (χ1n) is 10.3. The van der Waals surface area contributed by atoms with E-state index in [1.165, 1.54) is 0 Å². The van der Waals surface area contributed by atoms with Crippen molar-refractivity contribution in [2.45, 2.75) is 52.6 Å². The summed E-state index contributed by atoms with van der Waals surface area (Å²) < 4.78 is 3.60. The van der Waals surface area contributed by atoms with E-state index >= 15 is 0 Å². The first-order chi connectivity index (χ1) is 14.2. The summed E-state index contributed by atoms with van der Waals surface area (Å²) in [5.41, 5.74) is 3.86. The maximum absolute atomic E-state index is 13.2. The zero-order valence-electron chi connectivity index (χ0n) is 18.3. The predicted molar refractivity (Wildman–Crippen MR) is 117 cm³/mol. The van der Waals surface area contributed by atoms with Crippen LogP contribution in [0, 0.1) is 6.92 Å². The number of hydrogen-bond donors (Lipinski definition) is 1. The Bertz CT molecular complexity index is 1200. The van der Waals surface area contributed by atoms with Crippen LogP contribution in [0.1, 0.15) is 49.1 Å². The molecule has 0 saturated heterocycles. The van der Waals surface area contributed by atoms with Crippen molar-refractivity contribution < 1.29 is 0 Å². The number of H-pyrrole nitrogens is 1. The predicted octanol–water partition coefficient (Wildman–Crippen LogP) is 2.42. The van der Waals surface area contributed by atoms with Crippen molar-refractivity contribution in [3.63, 3.8) is 0 Å². The maximum Gasteiger partial charge on any atom is 0.276 e. The van der Waals surface area contributed by atoms with Gasteiger partial charge in [0.05, 0.1) is 22.5 Å². The van der Waals surface area contributed by atoms with Crippen molar-refractivity contribution in [2.75, 3.05) is 6.54 Å². The highest BCUT2D eigenvalue weighted by molar-refractivity contribution is 5.33. The summed E-state index contributed by atoms with van der Waals surface area (Å²) in [6, 6.07) is 9.65. The Labute approximate surface area is 176 Å². The molecule has 0 aliphatic carbocycles. The van der Waals surface area contributed by atoms with E-state index in [-0.39, 0.29) is 16.5 Å². The lowest BCUT2D eigenvalue weighted by Gasteiger charge is -2.28. The molecule has 7 heteroatoms. The fourth-order valence-corrected chi connectivity index (χ4v) is 4.00. The Morgan fingerprint density at radius 3 is 2.50 bits per heavy atom. The van der Waals surface area contributed by atoms with E-state index in [1.54, 1.807) is 4.68 Å². The molecule has 1 aromatic carbocycles. The van der Waals surface area contributed by atoms with Gasteiger partial charge in [-0.2, -0.15) is 0 Å². The Kier molecular flexibility index (Phi) is 5.02. The summed E-state index contributed by atoms with van der Waals surface area (Å²) in [6.07, 6.45) is 0.709. The van der Waals surface area contributed by atoms with Crippen LogP contribution in [0.3, 0.4) is 0 Å². The van der Waals surface area contributed by atoms with Crippen LogP contribution in [0.15, 0.2) is 39.9 Å². The van der Waals surface area contributed by atoms with Gasteiger partial charge in [-0.3, -0.25) is 19.2 Å². The smallest absolute Gasteiger partial charge is 0.276 e. The van der Waals surface area contributed by atoms with Gasteiger partial charge in [0.15, 0.2) is 0 Å². The standard InChI is InChI=1S/C23H29N5O2/c1-15-17(21(30)28(26(15)5)16-9-7-6-8-10-16)13-27-12-11-19-18(14-27)20(29)25-22(24-19)23(2,3)4/h6-10H,11-14H2,1-5H3,(H,24,25,29). The largest absolute Gasteiger partial charge is 0.310 e. The van der Waals surface area contributed by atoms with E-state index in [0.29, 0.717) is 25.1 Å². The van der Waals surface area contributed by atoms with Crippen molar-refractivity contribution in [2.24, 2.45) is 7.05 Å². The van der Waals surface area contributed by atoms with Gasteiger partial charge in [0.2, 0.25) is 0 Å². The number of rotatable bonds is 3. The molecule has 1 aliphatic rings. The third kappa shape index (κ3) is 3.54. The minimum absolute atomic E-state index is 0.0119. The van der Waals surface area contributed by atoms with Crippen molar-refractivity contribution in [3.8, 4) is 5.69 Å².